The van der Waals surface area contributed by atoms with Crippen LogP contribution in [0.15, 0.2) is 64.8 Å². The third kappa shape index (κ3) is 2.81. The number of carbonyl (C=O) groups is 1. The minimum atomic E-state index is -0.293. The Labute approximate surface area is 121 Å². The number of aromatic nitrogens is 1. The molecule has 104 valence electrons. The topological polar surface area (TPSA) is 83.6 Å². The number of amides is 1. The predicted octanol–water partition coefficient (Wildman–Crippen LogP) is 3.60. The van der Waals surface area contributed by atoms with Gasteiger partial charge in [0.2, 0.25) is 0 Å². The second kappa shape index (κ2) is 5.58. The number of anilines is 1. The lowest BCUT2D eigenvalue weighted by molar-refractivity contribution is -0.117. The molecule has 0 saturated carbocycles. The zero-order valence-corrected chi connectivity index (χ0v) is 11.3. The van der Waals surface area contributed by atoms with Crippen LogP contribution < -0.4 is 5.73 Å². The fourth-order valence-corrected chi connectivity index (χ4v) is 2.18. The highest BCUT2D eigenvalue weighted by molar-refractivity contribution is 5.99. The summed E-state index contributed by atoms with van der Waals surface area (Å²) in [5.41, 5.74) is 6.78. The van der Waals surface area contributed by atoms with Crippen molar-refractivity contribution >= 4 is 28.3 Å². The molecule has 3 aromatic rings. The maximum atomic E-state index is 11.8. The lowest BCUT2D eigenvalue weighted by atomic mass is 10.1. The number of nitrogens with one attached hydrogen (secondary N) is 1. The van der Waals surface area contributed by atoms with Gasteiger partial charge >= 0.3 is 0 Å². The normalized spacial score (nSPS) is 11.2. The number of fused-ring (bicyclic) bond motifs is 1. The smallest absolute Gasteiger partial charge is 0.269 e. The summed E-state index contributed by atoms with van der Waals surface area (Å²) in [6.45, 7) is 0. The molecular weight excluding hydrogens is 264 g/mol. The molecule has 0 bridgehead atoms. The molecule has 3 rings (SSSR count). The van der Waals surface area contributed by atoms with E-state index in [1.165, 1.54) is 0 Å². The Hall–Kier alpha value is -2.95. The van der Waals surface area contributed by atoms with E-state index in [-0.39, 0.29) is 12.3 Å². The van der Waals surface area contributed by atoms with E-state index in [0.29, 0.717) is 11.6 Å². The summed E-state index contributed by atoms with van der Waals surface area (Å²) in [6.07, 6.45) is 0.235. The Kier molecular flexibility index (Phi) is 3.47. The van der Waals surface area contributed by atoms with Crippen molar-refractivity contribution in [2.45, 2.75) is 6.42 Å². The zero-order valence-electron chi connectivity index (χ0n) is 11.3. The molecule has 0 aliphatic heterocycles. The van der Waals surface area contributed by atoms with E-state index >= 15 is 0 Å². The number of nitrogens with two attached hydrogens (primary N) is 1. The van der Waals surface area contributed by atoms with Crippen LogP contribution in [-0.4, -0.2) is 10.9 Å². The standard InChI is InChI=1S/C16H14N4O/c17-15-12-8-4-5-9-13(12)16(18-15)20-19-14(21)10-11-6-2-1-3-7-11/h1-9,18H,10,17H2. The monoisotopic (exact) mass is 278 g/mol. The van der Waals surface area contributed by atoms with Crippen LogP contribution >= 0.6 is 0 Å². The number of carbonyl (C=O) groups excluding carboxylic acids is 1. The van der Waals surface area contributed by atoms with E-state index in [2.05, 4.69) is 15.2 Å². The minimum absolute atomic E-state index is 0.235. The Bertz CT molecular complexity index is 806. The molecule has 5 nitrogen and oxygen atoms in total. The van der Waals surface area contributed by atoms with Crippen LogP contribution in [0.3, 0.4) is 0 Å². The fraction of sp³-hybridized carbons (Fsp3) is 0.0625. The van der Waals surface area contributed by atoms with E-state index < -0.39 is 0 Å². The van der Waals surface area contributed by atoms with Crippen molar-refractivity contribution in [1.29, 1.82) is 0 Å². The van der Waals surface area contributed by atoms with Crippen LogP contribution in [0.1, 0.15) is 5.56 Å². The summed E-state index contributed by atoms with van der Waals surface area (Å²) in [7, 11) is 0. The van der Waals surface area contributed by atoms with Gasteiger partial charge in [0.05, 0.1) is 6.42 Å². The van der Waals surface area contributed by atoms with Crippen LogP contribution in [-0.2, 0) is 11.2 Å². The Morgan fingerprint density at radius 1 is 1.00 bits per heavy atom. The molecule has 0 unspecified atom stereocenters. The van der Waals surface area contributed by atoms with Crippen molar-refractivity contribution in [3.05, 3.63) is 60.2 Å². The van der Waals surface area contributed by atoms with Gasteiger partial charge < -0.3 is 10.7 Å². The number of azo groups is 1. The van der Waals surface area contributed by atoms with Gasteiger partial charge in [-0.25, -0.2) is 0 Å². The molecule has 1 heterocycles. The van der Waals surface area contributed by atoms with Crippen molar-refractivity contribution in [2.75, 3.05) is 5.73 Å². The summed E-state index contributed by atoms with van der Waals surface area (Å²) >= 11 is 0. The van der Waals surface area contributed by atoms with Gasteiger partial charge in [-0.15, -0.1) is 10.2 Å². The van der Waals surface area contributed by atoms with Crippen LogP contribution in [0.5, 0.6) is 0 Å². The van der Waals surface area contributed by atoms with Crippen molar-refractivity contribution in [3.8, 4) is 0 Å². The first-order valence-corrected chi connectivity index (χ1v) is 6.59. The second-order valence-corrected chi connectivity index (χ2v) is 4.69. The quantitative estimate of drug-likeness (QED) is 0.717. The number of hydrogen-bond acceptors (Lipinski definition) is 3. The van der Waals surface area contributed by atoms with E-state index in [4.69, 9.17) is 5.73 Å². The molecule has 0 radical (unpaired) electrons. The number of nitrogen functional groups attached to an aromatic ring is 1. The van der Waals surface area contributed by atoms with Gasteiger partial charge in [-0.2, -0.15) is 0 Å². The number of hydrogen-bond donors (Lipinski definition) is 2. The largest absolute Gasteiger partial charge is 0.385 e. The Morgan fingerprint density at radius 2 is 1.67 bits per heavy atom. The molecule has 0 aliphatic carbocycles. The highest BCUT2D eigenvalue weighted by atomic mass is 16.1. The third-order valence-electron chi connectivity index (χ3n) is 3.19. The van der Waals surface area contributed by atoms with E-state index in [0.717, 1.165) is 16.3 Å². The second-order valence-electron chi connectivity index (χ2n) is 4.69. The average Bonchev–Trinajstić information content (AvgIpc) is 2.83. The molecule has 21 heavy (non-hydrogen) atoms. The molecule has 0 atom stereocenters. The number of aromatic amines is 1. The minimum Gasteiger partial charge on any atom is -0.385 e. The highest BCUT2D eigenvalue weighted by Gasteiger charge is 2.07. The van der Waals surface area contributed by atoms with Gasteiger partial charge in [0.1, 0.15) is 5.82 Å². The molecular formula is C16H14N4O. The first-order chi connectivity index (χ1) is 10.2. The van der Waals surface area contributed by atoms with Crippen molar-refractivity contribution < 1.29 is 4.79 Å². The van der Waals surface area contributed by atoms with Crippen molar-refractivity contribution in [3.63, 3.8) is 0 Å². The summed E-state index contributed by atoms with van der Waals surface area (Å²) in [4.78, 5) is 14.8. The Morgan fingerprint density at radius 3 is 2.43 bits per heavy atom. The number of benzene rings is 2. The molecule has 1 aromatic heterocycles. The van der Waals surface area contributed by atoms with Gasteiger partial charge in [-0.1, -0.05) is 54.6 Å². The van der Waals surface area contributed by atoms with Gasteiger partial charge in [0, 0.05) is 10.8 Å². The molecule has 3 N–H and O–H groups in total. The van der Waals surface area contributed by atoms with Crippen LogP contribution in [0.2, 0.25) is 0 Å². The maximum absolute atomic E-state index is 11.8. The molecule has 0 aliphatic rings. The van der Waals surface area contributed by atoms with Crippen LogP contribution in [0, 0.1) is 0 Å². The molecule has 0 spiro atoms. The van der Waals surface area contributed by atoms with E-state index in [1.54, 1.807) is 0 Å². The summed E-state index contributed by atoms with van der Waals surface area (Å²) < 4.78 is 0. The van der Waals surface area contributed by atoms with Gasteiger partial charge in [0.25, 0.3) is 5.91 Å². The molecule has 2 aromatic carbocycles. The van der Waals surface area contributed by atoms with E-state index in [1.807, 2.05) is 54.6 Å². The molecule has 5 heteroatoms. The lowest BCUT2D eigenvalue weighted by Crippen LogP contribution is -1.97. The van der Waals surface area contributed by atoms with Crippen molar-refractivity contribution in [2.24, 2.45) is 10.2 Å². The maximum Gasteiger partial charge on any atom is 0.269 e. The lowest BCUT2D eigenvalue weighted by Gasteiger charge is -1.95. The number of nitrogens with zero attached hydrogens (tertiary/aromatic N) is 2. The average molecular weight is 278 g/mol. The first kappa shape index (κ1) is 13.1. The molecule has 1 amide bonds. The SMILES string of the molecule is Nc1[nH]c(N=NC(=O)Cc2ccccc2)c2ccccc12. The predicted molar refractivity (Wildman–Crippen MR) is 82.4 cm³/mol. The van der Waals surface area contributed by atoms with Gasteiger partial charge in [-0.05, 0) is 5.56 Å². The van der Waals surface area contributed by atoms with Crippen LogP contribution in [0.25, 0.3) is 10.8 Å². The number of H-pyrrole nitrogens is 1. The summed E-state index contributed by atoms with van der Waals surface area (Å²) in [5.74, 6) is 0.734. The summed E-state index contributed by atoms with van der Waals surface area (Å²) in [6, 6.07) is 17.0. The number of rotatable bonds is 3. The van der Waals surface area contributed by atoms with Gasteiger partial charge in [0.15, 0.2) is 5.82 Å². The van der Waals surface area contributed by atoms with Crippen molar-refractivity contribution in [1.82, 2.24) is 4.98 Å². The molecule has 0 saturated heterocycles. The highest BCUT2D eigenvalue weighted by Crippen LogP contribution is 2.30. The summed E-state index contributed by atoms with van der Waals surface area (Å²) in [5, 5.41) is 9.47. The van der Waals surface area contributed by atoms with Crippen LogP contribution in [0.4, 0.5) is 11.6 Å². The molecule has 0 fully saturated rings. The van der Waals surface area contributed by atoms with E-state index in [9.17, 15) is 4.79 Å². The fourth-order valence-electron chi connectivity index (χ4n) is 2.18. The zero-order chi connectivity index (χ0) is 14.7. The first-order valence-electron chi connectivity index (χ1n) is 6.59. The third-order valence-corrected chi connectivity index (χ3v) is 3.19. The van der Waals surface area contributed by atoms with Gasteiger partial charge in [-0.3, -0.25) is 4.79 Å². The Balaban J connectivity index is 1.80.